The van der Waals surface area contributed by atoms with Gasteiger partial charge in [-0.3, -0.25) is 0 Å². The Hall–Kier alpha value is -1.40. The Balaban J connectivity index is 2.30. The molecule has 1 aliphatic rings. The van der Waals surface area contributed by atoms with E-state index in [0.29, 0.717) is 0 Å². The minimum atomic E-state index is 0.0578. The van der Waals surface area contributed by atoms with Crippen LogP contribution in [0.2, 0.25) is 0 Å². The topological polar surface area (TPSA) is 29.4 Å². The summed E-state index contributed by atoms with van der Waals surface area (Å²) in [6.45, 7) is 1.99. The van der Waals surface area contributed by atoms with Gasteiger partial charge in [-0.25, -0.2) is 9.79 Å². The summed E-state index contributed by atoms with van der Waals surface area (Å²) in [5.41, 5.74) is 1.42. The predicted molar refractivity (Wildman–Crippen MR) is 54.9 cm³/mol. The zero-order chi connectivity index (χ0) is 10.0. The average Bonchev–Trinajstić information content (AvgIpc) is 3.00. The molecule has 0 amide bonds. The van der Waals surface area contributed by atoms with Crippen molar-refractivity contribution in [3.8, 4) is 0 Å². The molecule has 0 aliphatic heterocycles. The molecule has 1 unspecified atom stereocenters. The van der Waals surface area contributed by atoms with E-state index in [1.807, 2.05) is 25.1 Å². The summed E-state index contributed by atoms with van der Waals surface area (Å²) in [6.07, 6.45) is 3.92. The van der Waals surface area contributed by atoms with E-state index in [1.54, 1.807) is 6.08 Å². The standard InChI is InChI=1S/C12H13NO/c1-10(13-9-14)12(7-8-12)11-5-3-2-4-6-11/h2-6,10H,7-8H2,1H3. The van der Waals surface area contributed by atoms with E-state index in [4.69, 9.17) is 0 Å². The number of nitrogens with zero attached hydrogens (tertiary/aromatic N) is 1. The van der Waals surface area contributed by atoms with E-state index < -0.39 is 0 Å². The van der Waals surface area contributed by atoms with Gasteiger partial charge in [0.2, 0.25) is 6.08 Å². The third-order valence-electron chi connectivity index (χ3n) is 3.18. The molecule has 1 aliphatic carbocycles. The second-order valence-electron chi connectivity index (χ2n) is 3.92. The zero-order valence-corrected chi connectivity index (χ0v) is 8.23. The highest BCUT2D eigenvalue weighted by Gasteiger charge is 2.48. The van der Waals surface area contributed by atoms with Gasteiger partial charge in [-0.1, -0.05) is 30.3 Å². The smallest absolute Gasteiger partial charge is 0.211 e. The van der Waals surface area contributed by atoms with Crippen molar-refractivity contribution < 1.29 is 4.79 Å². The van der Waals surface area contributed by atoms with Gasteiger partial charge in [-0.2, -0.15) is 0 Å². The number of aliphatic imine (C=N–C) groups is 1. The van der Waals surface area contributed by atoms with Crippen LogP contribution in [-0.2, 0) is 10.2 Å². The maximum atomic E-state index is 10.2. The van der Waals surface area contributed by atoms with Crippen LogP contribution in [0.3, 0.4) is 0 Å². The fraction of sp³-hybridized carbons (Fsp3) is 0.417. The van der Waals surface area contributed by atoms with E-state index >= 15 is 0 Å². The van der Waals surface area contributed by atoms with Crippen LogP contribution in [0.5, 0.6) is 0 Å². The molecule has 0 saturated heterocycles. The van der Waals surface area contributed by atoms with Gasteiger partial charge in [-0.15, -0.1) is 0 Å². The molecule has 1 saturated carbocycles. The number of rotatable bonds is 3. The molecule has 2 nitrogen and oxygen atoms in total. The normalized spacial score (nSPS) is 19.5. The number of hydrogen-bond acceptors (Lipinski definition) is 2. The molecule has 0 heterocycles. The highest BCUT2D eigenvalue weighted by Crippen LogP contribution is 2.51. The second-order valence-corrected chi connectivity index (χ2v) is 3.92. The van der Waals surface area contributed by atoms with Crippen LogP contribution in [0.25, 0.3) is 0 Å². The van der Waals surface area contributed by atoms with Crippen molar-refractivity contribution in [2.45, 2.75) is 31.2 Å². The molecular weight excluding hydrogens is 174 g/mol. The second kappa shape index (κ2) is 3.39. The summed E-state index contributed by atoms with van der Waals surface area (Å²) in [5, 5.41) is 0. The third-order valence-corrected chi connectivity index (χ3v) is 3.18. The molecule has 0 spiro atoms. The Morgan fingerprint density at radius 2 is 2.00 bits per heavy atom. The fourth-order valence-corrected chi connectivity index (χ4v) is 2.06. The van der Waals surface area contributed by atoms with Crippen molar-refractivity contribution in [1.29, 1.82) is 0 Å². The molecule has 0 aromatic heterocycles. The first-order chi connectivity index (χ1) is 6.79. The number of benzene rings is 1. The predicted octanol–water partition coefficient (Wildman–Crippen LogP) is 2.44. The molecule has 0 bridgehead atoms. The van der Waals surface area contributed by atoms with E-state index in [9.17, 15) is 4.79 Å². The summed E-state index contributed by atoms with van der Waals surface area (Å²) in [4.78, 5) is 14.1. The molecule has 0 N–H and O–H groups in total. The summed E-state index contributed by atoms with van der Waals surface area (Å²) in [5.74, 6) is 0. The summed E-state index contributed by atoms with van der Waals surface area (Å²) >= 11 is 0. The first-order valence-corrected chi connectivity index (χ1v) is 4.92. The van der Waals surface area contributed by atoms with Gasteiger partial charge in [0.1, 0.15) is 0 Å². The molecule has 1 aromatic carbocycles. The number of hydrogen-bond donors (Lipinski definition) is 0. The van der Waals surface area contributed by atoms with E-state index in [1.165, 1.54) is 5.56 Å². The molecule has 1 aromatic rings. The van der Waals surface area contributed by atoms with Crippen molar-refractivity contribution in [3.05, 3.63) is 35.9 Å². The molecule has 2 heteroatoms. The van der Waals surface area contributed by atoms with Crippen molar-refractivity contribution in [3.63, 3.8) is 0 Å². The number of isocyanates is 1. The Morgan fingerprint density at radius 3 is 2.50 bits per heavy atom. The average molecular weight is 187 g/mol. The summed E-state index contributed by atoms with van der Waals surface area (Å²) in [6, 6.07) is 10.4. The van der Waals surface area contributed by atoms with Crippen LogP contribution in [0.4, 0.5) is 0 Å². The van der Waals surface area contributed by atoms with Crippen LogP contribution in [0, 0.1) is 0 Å². The highest BCUT2D eigenvalue weighted by molar-refractivity contribution is 5.38. The quantitative estimate of drug-likeness (QED) is 0.528. The molecule has 1 fully saturated rings. The third kappa shape index (κ3) is 1.38. The Bertz CT molecular complexity index is 361. The van der Waals surface area contributed by atoms with E-state index in [-0.39, 0.29) is 11.5 Å². The van der Waals surface area contributed by atoms with Crippen molar-refractivity contribution in [1.82, 2.24) is 0 Å². The van der Waals surface area contributed by atoms with Gasteiger partial charge in [0.05, 0.1) is 6.04 Å². The lowest BCUT2D eigenvalue weighted by atomic mass is 9.89. The van der Waals surface area contributed by atoms with Crippen LogP contribution >= 0.6 is 0 Å². The van der Waals surface area contributed by atoms with Crippen LogP contribution < -0.4 is 0 Å². The first kappa shape index (κ1) is 9.17. The Labute approximate surface area is 83.7 Å². The van der Waals surface area contributed by atoms with Gasteiger partial charge < -0.3 is 0 Å². The maximum absolute atomic E-state index is 10.2. The fourth-order valence-electron chi connectivity index (χ4n) is 2.06. The Kier molecular flexibility index (Phi) is 2.22. The Morgan fingerprint density at radius 1 is 1.36 bits per heavy atom. The molecule has 0 radical (unpaired) electrons. The molecule has 2 rings (SSSR count). The maximum Gasteiger partial charge on any atom is 0.235 e. The highest BCUT2D eigenvalue weighted by atomic mass is 16.1. The molecule has 14 heavy (non-hydrogen) atoms. The summed E-state index contributed by atoms with van der Waals surface area (Å²) < 4.78 is 0. The van der Waals surface area contributed by atoms with E-state index in [0.717, 1.165) is 12.8 Å². The van der Waals surface area contributed by atoms with Gasteiger partial charge in [0.15, 0.2) is 0 Å². The first-order valence-electron chi connectivity index (χ1n) is 4.92. The minimum Gasteiger partial charge on any atom is -0.211 e. The largest absolute Gasteiger partial charge is 0.235 e. The summed E-state index contributed by atoms with van der Waals surface area (Å²) in [7, 11) is 0. The molecular formula is C12H13NO. The zero-order valence-electron chi connectivity index (χ0n) is 8.23. The van der Waals surface area contributed by atoms with Crippen LogP contribution in [-0.4, -0.2) is 12.1 Å². The number of carbonyl (C=O) groups excluding carboxylic acids is 1. The van der Waals surface area contributed by atoms with Crippen molar-refractivity contribution in [2.24, 2.45) is 4.99 Å². The van der Waals surface area contributed by atoms with Gasteiger partial charge in [0.25, 0.3) is 0 Å². The van der Waals surface area contributed by atoms with Gasteiger partial charge in [-0.05, 0) is 25.3 Å². The van der Waals surface area contributed by atoms with Crippen molar-refractivity contribution >= 4 is 6.08 Å². The van der Waals surface area contributed by atoms with Crippen LogP contribution in [0.1, 0.15) is 25.3 Å². The lowest BCUT2D eigenvalue weighted by molar-refractivity contribution is 0.530. The molecule has 72 valence electrons. The monoisotopic (exact) mass is 187 g/mol. The minimum absolute atomic E-state index is 0.0578. The SMILES string of the molecule is CC(N=C=O)C1(c2ccccc2)CC1. The van der Waals surface area contributed by atoms with Gasteiger partial charge >= 0.3 is 0 Å². The lowest BCUT2D eigenvalue weighted by Crippen LogP contribution is -2.20. The van der Waals surface area contributed by atoms with Crippen LogP contribution in [0.15, 0.2) is 35.3 Å². The van der Waals surface area contributed by atoms with E-state index in [2.05, 4.69) is 17.1 Å². The molecule has 1 atom stereocenters. The van der Waals surface area contributed by atoms with Gasteiger partial charge in [0, 0.05) is 5.41 Å². The lowest BCUT2D eigenvalue weighted by Gasteiger charge is -2.18. The van der Waals surface area contributed by atoms with Crippen molar-refractivity contribution in [2.75, 3.05) is 0 Å².